The Morgan fingerprint density at radius 3 is 2.53 bits per heavy atom. The van der Waals surface area contributed by atoms with E-state index in [2.05, 4.69) is 4.74 Å². The normalized spacial score (nSPS) is 16.0. The summed E-state index contributed by atoms with van der Waals surface area (Å²) in [6.07, 6.45) is -4.97. The number of methoxy groups -OCH3 is 1. The summed E-state index contributed by atoms with van der Waals surface area (Å²) >= 11 is 6.11. The number of amides is 1. The fraction of sp³-hybridized carbons (Fsp3) is 0.154. The van der Waals surface area contributed by atoms with E-state index in [4.69, 9.17) is 25.2 Å². The summed E-state index contributed by atoms with van der Waals surface area (Å²) in [6.45, 7) is 1.63. The molecule has 196 valence electrons. The van der Waals surface area contributed by atoms with Crippen molar-refractivity contribution >= 4 is 39.9 Å². The highest BCUT2D eigenvalue weighted by molar-refractivity contribution is 6.31. The van der Waals surface area contributed by atoms with E-state index in [0.29, 0.717) is 16.2 Å². The molecule has 8 nitrogen and oxygen atoms in total. The number of furan rings is 2. The van der Waals surface area contributed by atoms with E-state index in [9.17, 15) is 27.9 Å². The van der Waals surface area contributed by atoms with Crippen LogP contribution < -0.4 is 14.4 Å². The summed E-state index contributed by atoms with van der Waals surface area (Å²) in [5, 5.41) is 11.6. The minimum Gasteiger partial charge on any atom is -0.503 e. The Hall–Kier alpha value is -4.38. The van der Waals surface area contributed by atoms with Crippen LogP contribution in [-0.2, 0) is 4.79 Å². The molecule has 1 N–H and O–H groups in total. The number of hydrogen-bond donors (Lipinski definition) is 1. The van der Waals surface area contributed by atoms with Crippen molar-refractivity contribution in [1.29, 1.82) is 0 Å². The lowest BCUT2D eigenvalue weighted by Crippen LogP contribution is -2.31. The molecule has 12 heteroatoms. The van der Waals surface area contributed by atoms with Gasteiger partial charge in [-0.15, -0.1) is 13.2 Å². The van der Waals surface area contributed by atoms with Crippen LogP contribution in [-0.4, -0.2) is 30.3 Å². The molecule has 1 aliphatic heterocycles. The predicted octanol–water partition coefficient (Wildman–Crippen LogP) is 6.68. The maximum atomic E-state index is 13.7. The Balaban J connectivity index is 1.62. The van der Waals surface area contributed by atoms with Gasteiger partial charge in [-0.05, 0) is 43.3 Å². The van der Waals surface area contributed by atoms with Gasteiger partial charge in [0, 0.05) is 28.2 Å². The second kappa shape index (κ2) is 9.18. The number of alkyl halides is 3. The average molecular weight is 548 g/mol. The zero-order valence-electron chi connectivity index (χ0n) is 19.6. The Kier molecular flexibility index (Phi) is 6.10. The van der Waals surface area contributed by atoms with E-state index < -0.39 is 41.2 Å². The molecular formula is C26H17ClF3NO7. The van der Waals surface area contributed by atoms with Gasteiger partial charge in [0.25, 0.3) is 5.91 Å². The van der Waals surface area contributed by atoms with Crippen molar-refractivity contribution in [2.45, 2.75) is 19.3 Å². The van der Waals surface area contributed by atoms with Crippen LogP contribution in [0.2, 0.25) is 5.02 Å². The minimum atomic E-state index is -4.97. The number of fused-ring (bicyclic) bond motifs is 1. The van der Waals surface area contributed by atoms with Crippen LogP contribution in [0.1, 0.15) is 28.1 Å². The van der Waals surface area contributed by atoms with Crippen molar-refractivity contribution < 1.29 is 46.2 Å². The van der Waals surface area contributed by atoms with Gasteiger partial charge in [-0.2, -0.15) is 0 Å². The lowest BCUT2D eigenvalue weighted by molar-refractivity contribution is -0.274. The van der Waals surface area contributed by atoms with Crippen molar-refractivity contribution in [2.75, 3.05) is 12.0 Å². The van der Waals surface area contributed by atoms with E-state index in [-0.39, 0.29) is 28.5 Å². The minimum absolute atomic E-state index is 0.0804. The van der Waals surface area contributed by atoms with E-state index in [0.717, 1.165) is 17.0 Å². The van der Waals surface area contributed by atoms with Gasteiger partial charge in [0.05, 0.1) is 12.7 Å². The third-order valence-electron chi connectivity index (χ3n) is 5.80. The first-order chi connectivity index (χ1) is 18.0. The Labute approximate surface area is 217 Å². The highest BCUT2D eigenvalue weighted by Gasteiger charge is 2.47. The summed E-state index contributed by atoms with van der Waals surface area (Å²) < 4.78 is 59.1. The number of Topliss-reactive ketones (excluding diaryl/α,β-unsaturated/α-hetero) is 1. The van der Waals surface area contributed by atoms with Crippen LogP contribution in [0.4, 0.5) is 18.9 Å². The molecule has 0 aliphatic carbocycles. The van der Waals surface area contributed by atoms with Gasteiger partial charge in [-0.25, -0.2) is 0 Å². The molecule has 38 heavy (non-hydrogen) atoms. The molecule has 0 saturated heterocycles. The third-order valence-corrected chi connectivity index (χ3v) is 6.02. The second-order valence-electron chi connectivity index (χ2n) is 8.30. The smallest absolute Gasteiger partial charge is 0.503 e. The molecular weight excluding hydrogens is 531 g/mol. The number of ketones is 1. The van der Waals surface area contributed by atoms with Gasteiger partial charge < -0.3 is 23.4 Å². The molecule has 1 amide bonds. The van der Waals surface area contributed by atoms with Gasteiger partial charge in [-0.1, -0.05) is 17.7 Å². The molecule has 2 aromatic heterocycles. The summed E-state index contributed by atoms with van der Waals surface area (Å²) in [4.78, 5) is 27.9. The number of aliphatic hydroxyl groups is 1. The summed E-state index contributed by atoms with van der Waals surface area (Å²) in [7, 11) is 1.39. The predicted molar refractivity (Wildman–Crippen MR) is 129 cm³/mol. The van der Waals surface area contributed by atoms with Crippen LogP contribution in [0, 0.1) is 6.92 Å². The van der Waals surface area contributed by atoms with Crippen LogP contribution in [0.3, 0.4) is 0 Å². The van der Waals surface area contributed by atoms with E-state index >= 15 is 0 Å². The number of aliphatic hydroxyl groups excluding tert-OH is 1. The molecule has 4 aromatic rings. The largest absolute Gasteiger partial charge is 0.573 e. The fourth-order valence-corrected chi connectivity index (χ4v) is 4.50. The zero-order chi connectivity index (χ0) is 27.4. The number of nitrogens with zero attached hydrogens (tertiary/aromatic N) is 1. The van der Waals surface area contributed by atoms with Gasteiger partial charge in [0.1, 0.15) is 23.3 Å². The molecule has 0 bridgehead atoms. The molecule has 1 atom stereocenters. The first kappa shape index (κ1) is 25.3. The second-order valence-corrected chi connectivity index (χ2v) is 8.74. The standard InChI is InChI=1S/C26H17ClF3NO7/c1-12-6-7-17(36-12)21-20(22(32)18-9-13-8-14(27)10-19(35-2)24(13)37-18)23(33)25(34)31(21)15-4-3-5-16(11-15)38-26(28,29)30/h3-11,21,33H,1-2H3. The molecule has 2 aromatic carbocycles. The number of hydrogen-bond acceptors (Lipinski definition) is 7. The third kappa shape index (κ3) is 4.45. The lowest BCUT2D eigenvalue weighted by atomic mass is 9.99. The van der Waals surface area contributed by atoms with Crippen molar-refractivity contribution in [1.82, 2.24) is 0 Å². The number of ether oxygens (including phenoxy) is 2. The van der Waals surface area contributed by atoms with Crippen molar-refractivity contribution in [3.63, 3.8) is 0 Å². The number of carbonyl (C=O) groups excluding carboxylic acids is 2. The number of aryl methyl sites for hydroxylation is 1. The topological polar surface area (TPSA) is 102 Å². The molecule has 5 rings (SSSR count). The monoisotopic (exact) mass is 547 g/mol. The first-order valence-electron chi connectivity index (χ1n) is 11.0. The van der Waals surface area contributed by atoms with Gasteiger partial charge >= 0.3 is 6.36 Å². The molecule has 1 unspecified atom stereocenters. The summed E-state index contributed by atoms with van der Waals surface area (Å²) in [5.41, 5.74) is -0.261. The Bertz CT molecular complexity index is 1620. The number of rotatable bonds is 6. The number of carbonyl (C=O) groups is 2. The lowest BCUT2D eigenvalue weighted by Gasteiger charge is -2.25. The molecule has 3 heterocycles. The van der Waals surface area contributed by atoms with Crippen LogP contribution >= 0.6 is 11.6 Å². The Morgan fingerprint density at radius 1 is 1.11 bits per heavy atom. The van der Waals surface area contributed by atoms with Crippen molar-refractivity contribution in [3.8, 4) is 11.5 Å². The molecule has 0 saturated carbocycles. The van der Waals surface area contributed by atoms with Crippen molar-refractivity contribution in [3.05, 3.63) is 88.2 Å². The first-order valence-corrected chi connectivity index (χ1v) is 11.3. The van der Waals surface area contributed by atoms with E-state index in [1.807, 2.05) is 0 Å². The van der Waals surface area contributed by atoms with E-state index in [1.165, 1.54) is 37.4 Å². The van der Waals surface area contributed by atoms with Crippen LogP contribution in [0.15, 0.2) is 74.8 Å². The van der Waals surface area contributed by atoms with Crippen LogP contribution in [0.25, 0.3) is 11.0 Å². The summed E-state index contributed by atoms with van der Waals surface area (Å²) in [6, 6.07) is 10.7. The highest BCUT2D eigenvalue weighted by atomic mass is 35.5. The molecule has 1 aliphatic rings. The fourth-order valence-electron chi connectivity index (χ4n) is 4.29. The maximum Gasteiger partial charge on any atom is 0.573 e. The Morgan fingerprint density at radius 2 is 1.87 bits per heavy atom. The van der Waals surface area contributed by atoms with Crippen molar-refractivity contribution in [2.24, 2.45) is 0 Å². The maximum absolute atomic E-state index is 13.7. The van der Waals surface area contributed by atoms with Gasteiger partial charge in [0.15, 0.2) is 22.9 Å². The van der Waals surface area contributed by atoms with E-state index in [1.54, 1.807) is 19.1 Å². The number of halogens is 4. The molecule has 0 spiro atoms. The zero-order valence-corrected chi connectivity index (χ0v) is 20.4. The quantitative estimate of drug-likeness (QED) is 0.269. The van der Waals surface area contributed by atoms with Gasteiger partial charge in [0.2, 0.25) is 5.78 Å². The summed E-state index contributed by atoms with van der Waals surface area (Å²) in [5.74, 6) is -2.86. The van der Waals surface area contributed by atoms with Gasteiger partial charge in [-0.3, -0.25) is 14.5 Å². The SMILES string of the molecule is COc1cc(Cl)cc2cc(C(=O)C3=C(O)C(=O)N(c4cccc(OC(F)(F)F)c4)C3c3ccc(C)o3)oc12. The number of anilines is 1. The van der Waals surface area contributed by atoms with Crippen LogP contribution in [0.5, 0.6) is 11.5 Å². The molecule has 0 fully saturated rings. The highest BCUT2D eigenvalue weighted by Crippen LogP contribution is 2.44. The number of benzene rings is 2. The molecule has 0 radical (unpaired) electrons. The average Bonchev–Trinajstić information content (AvgIpc) is 3.53.